The van der Waals surface area contributed by atoms with Gasteiger partial charge in [-0.1, -0.05) is 17.8 Å². The zero-order valence-corrected chi connectivity index (χ0v) is 14.5. The first-order chi connectivity index (χ1) is 11.6. The highest BCUT2D eigenvalue weighted by molar-refractivity contribution is 7.99. The van der Waals surface area contributed by atoms with Gasteiger partial charge in [0.05, 0.1) is 5.75 Å². The molecule has 4 bridgehead atoms. The van der Waals surface area contributed by atoms with E-state index in [1.807, 2.05) is 0 Å². The molecule has 2 aromatic rings. The van der Waals surface area contributed by atoms with Crippen LogP contribution in [0, 0.1) is 17.8 Å². The SMILES string of the molecule is NC(=O)CSc1nc2cc(C34CC5CC(CC(C5)C3)C4)ccc2o1. The molecule has 0 unspecified atom stereocenters. The van der Waals surface area contributed by atoms with Crippen LogP contribution in [-0.2, 0) is 10.2 Å². The number of carbonyl (C=O) groups excluding carboxylic acids is 1. The average Bonchev–Trinajstić information content (AvgIpc) is 2.93. The van der Waals surface area contributed by atoms with Crippen LogP contribution in [0.3, 0.4) is 0 Å². The van der Waals surface area contributed by atoms with Gasteiger partial charge in [-0.2, -0.15) is 0 Å². The van der Waals surface area contributed by atoms with Crippen LogP contribution in [0.15, 0.2) is 27.8 Å². The molecule has 1 heterocycles. The van der Waals surface area contributed by atoms with Crippen molar-refractivity contribution in [2.24, 2.45) is 23.5 Å². The van der Waals surface area contributed by atoms with E-state index in [1.54, 1.807) is 0 Å². The Hall–Kier alpha value is -1.49. The second-order valence-electron chi connectivity index (χ2n) is 8.12. The van der Waals surface area contributed by atoms with E-state index >= 15 is 0 Å². The highest BCUT2D eigenvalue weighted by Crippen LogP contribution is 2.60. The van der Waals surface area contributed by atoms with Crippen molar-refractivity contribution in [1.82, 2.24) is 4.98 Å². The standard InChI is InChI=1S/C19H22N2O2S/c20-17(22)10-24-18-21-15-6-14(1-2-16(15)23-18)19-7-11-3-12(8-19)5-13(4-11)9-19/h1-2,6,11-13H,3-5,7-10H2,(H2,20,22). The second kappa shape index (κ2) is 5.25. The first-order valence-electron chi connectivity index (χ1n) is 8.92. The van der Waals surface area contributed by atoms with Gasteiger partial charge in [-0.15, -0.1) is 0 Å². The summed E-state index contributed by atoms with van der Waals surface area (Å²) in [5.41, 5.74) is 8.74. The van der Waals surface area contributed by atoms with E-state index in [4.69, 9.17) is 10.2 Å². The fourth-order valence-electron chi connectivity index (χ4n) is 5.89. The summed E-state index contributed by atoms with van der Waals surface area (Å²) >= 11 is 1.27. The molecule has 4 aliphatic carbocycles. The summed E-state index contributed by atoms with van der Waals surface area (Å²) in [6, 6.07) is 6.55. The molecular formula is C19H22N2O2S. The fourth-order valence-corrected chi connectivity index (χ4v) is 6.47. The first-order valence-corrected chi connectivity index (χ1v) is 9.90. The van der Waals surface area contributed by atoms with Crippen molar-refractivity contribution >= 4 is 28.8 Å². The van der Waals surface area contributed by atoms with Gasteiger partial charge in [0.25, 0.3) is 5.22 Å². The number of primary amides is 1. The lowest BCUT2D eigenvalue weighted by atomic mass is 9.48. The van der Waals surface area contributed by atoms with Crippen molar-refractivity contribution in [3.63, 3.8) is 0 Å². The zero-order valence-electron chi connectivity index (χ0n) is 13.7. The molecule has 0 saturated heterocycles. The molecule has 0 spiro atoms. The molecule has 6 rings (SSSR count). The number of hydrogen-bond acceptors (Lipinski definition) is 4. The van der Waals surface area contributed by atoms with Gasteiger partial charge >= 0.3 is 0 Å². The van der Waals surface area contributed by atoms with E-state index < -0.39 is 0 Å². The van der Waals surface area contributed by atoms with Crippen LogP contribution in [-0.4, -0.2) is 16.6 Å². The number of aromatic nitrogens is 1. The molecule has 4 nitrogen and oxygen atoms in total. The smallest absolute Gasteiger partial charge is 0.257 e. The van der Waals surface area contributed by atoms with Crippen molar-refractivity contribution in [2.75, 3.05) is 5.75 Å². The zero-order chi connectivity index (χ0) is 16.3. The third-order valence-corrected chi connectivity index (χ3v) is 7.21. The molecule has 1 aromatic carbocycles. The van der Waals surface area contributed by atoms with Gasteiger partial charge in [0, 0.05) is 0 Å². The van der Waals surface area contributed by atoms with E-state index in [-0.39, 0.29) is 11.7 Å². The summed E-state index contributed by atoms with van der Waals surface area (Å²) in [5, 5.41) is 0.534. The molecular weight excluding hydrogens is 320 g/mol. The van der Waals surface area contributed by atoms with Crippen LogP contribution in [0.1, 0.15) is 44.1 Å². The van der Waals surface area contributed by atoms with Crippen LogP contribution < -0.4 is 5.73 Å². The summed E-state index contributed by atoms with van der Waals surface area (Å²) in [5.74, 6) is 2.66. The van der Waals surface area contributed by atoms with Gasteiger partial charge in [0.2, 0.25) is 5.91 Å². The topological polar surface area (TPSA) is 69.1 Å². The van der Waals surface area contributed by atoms with Gasteiger partial charge in [-0.25, -0.2) is 4.98 Å². The molecule has 4 saturated carbocycles. The number of oxazole rings is 1. The summed E-state index contributed by atoms with van der Waals surface area (Å²) < 4.78 is 5.74. The minimum atomic E-state index is -0.350. The predicted octanol–water partition coefficient (Wildman–Crippen LogP) is 3.87. The van der Waals surface area contributed by atoms with E-state index in [1.165, 1.54) is 55.9 Å². The highest BCUT2D eigenvalue weighted by atomic mass is 32.2. The van der Waals surface area contributed by atoms with Crippen molar-refractivity contribution in [3.05, 3.63) is 23.8 Å². The lowest BCUT2D eigenvalue weighted by molar-refractivity contribution is -0.115. The molecule has 24 heavy (non-hydrogen) atoms. The highest BCUT2D eigenvalue weighted by Gasteiger charge is 2.51. The van der Waals surface area contributed by atoms with Crippen LogP contribution in [0.25, 0.3) is 11.1 Å². The molecule has 0 radical (unpaired) electrons. The van der Waals surface area contributed by atoms with Gasteiger partial charge in [-0.3, -0.25) is 4.79 Å². The van der Waals surface area contributed by atoms with Crippen molar-refractivity contribution in [3.8, 4) is 0 Å². The number of rotatable bonds is 4. The van der Waals surface area contributed by atoms with Gasteiger partial charge in [0.1, 0.15) is 5.52 Å². The van der Waals surface area contributed by atoms with Crippen LogP contribution in [0.4, 0.5) is 0 Å². The number of fused-ring (bicyclic) bond motifs is 1. The normalized spacial score (nSPS) is 34.1. The summed E-state index contributed by atoms with van der Waals surface area (Å²) in [7, 11) is 0. The van der Waals surface area contributed by atoms with Gasteiger partial charge in [0.15, 0.2) is 5.58 Å². The van der Waals surface area contributed by atoms with Gasteiger partial charge in [-0.05, 0) is 79.4 Å². The molecule has 5 heteroatoms. The number of amides is 1. The molecule has 4 aliphatic rings. The number of benzene rings is 1. The monoisotopic (exact) mass is 342 g/mol. The minimum absolute atomic E-state index is 0.203. The molecule has 0 aliphatic heterocycles. The molecule has 1 aromatic heterocycles. The maximum Gasteiger partial charge on any atom is 0.257 e. The summed E-state index contributed by atoms with van der Waals surface area (Å²) in [6.45, 7) is 0. The first kappa shape index (κ1) is 14.8. The third kappa shape index (κ3) is 2.36. The van der Waals surface area contributed by atoms with Crippen molar-refractivity contribution < 1.29 is 9.21 Å². The molecule has 126 valence electrons. The largest absolute Gasteiger partial charge is 0.431 e. The Bertz CT molecular complexity index is 778. The van der Waals surface area contributed by atoms with Crippen LogP contribution in [0.5, 0.6) is 0 Å². The maximum absolute atomic E-state index is 10.9. The fraction of sp³-hybridized carbons (Fsp3) is 0.579. The lowest BCUT2D eigenvalue weighted by Gasteiger charge is -2.57. The van der Waals surface area contributed by atoms with E-state index in [9.17, 15) is 4.79 Å². The maximum atomic E-state index is 10.9. The average molecular weight is 342 g/mol. The Kier molecular flexibility index (Phi) is 3.24. The number of carbonyl (C=O) groups is 1. The number of nitrogens with two attached hydrogens (primary N) is 1. The van der Waals surface area contributed by atoms with Crippen molar-refractivity contribution in [2.45, 2.75) is 49.2 Å². The molecule has 2 N–H and O–H groups in total. The van der Waals surface area contributed by atoms with Crippen LogP contribution >= 0.6 is 11.8 Å². The Labute approximate surface area is 145 Å². The number of hydrogen-bond donors (Lipinski definition) is 1. The van der Waals surface area contributed by atoms with E-state index in [0.717, 1.165) is 28.9 Å². The third-order valence-electron chi connectivity index (χ3n) is 6.36. The van der Waals surface area contributed by atoms with E-state index in [2.05, 4.69) is 23.2 Å². The molecule has 4 fully saturated rings. The quantitative estimate of drug-likeness (QED) is 0.856. The summed E-state index contributed by atoms with van der Waals surface area (Å²) in [6.07, 6.45) is 8.43. The molecule has 0 atom stereocenters. The second-order valence-corrected chi connectivity index (χ2v) is 9.04. The van der Waals surface area contributed by atoms with E-state index in [0.29, 0.717) is 10.6 Å². The Morgan fingerprint density at radius 1 is 1.21 bits per heavy atom. The van der Waals surface area contributed by atoms with Crippen molar-refractivity contribution in [1.29, 1.82) is 0 Å². The Morgan fingerprint density at radius 2 is 1.88 bits per heavy atom. The lowest BCUT2D eigenvalue weighted by Crippen LogP contribution is -2.48. The number of nitrogens with zero attached hydrogens (tertiary/aromatic N) is 1. The minimum Gasteiger partial charge on any atom is -0.431 e. The summed E-state index contributed by atoms with van der Waals surface area (Å²) in [4.78, 5) is 15.5. The van der Waals surface area contributed by atoms with Gasteiger partial charge < -0.3 is 10.2 Å². The Balaban J connectivity index is 1.48. The number of thioether (sulfide) groups is 1. The predicted molar refractivity (Wildman–Crippen MR) is 93.8 cm³/mol. The Morgan fingerprint density at radius 3 is 2.50 bits per heavy atom. The molecule has 1 amide bonds. The van der Waals surface area contributed by atoms with Crippen LogP contribution in [0.2, 0.25) is 0 Å².